The van der Waals surface area contributed by atoms with Crippen molar-refractivity contribution in [1.29, 1.82) is 0 Å². The molecule has 1 aliphatic rings. The Morgan fingerprint density at radius 2 is 1.95 bits per heavy atom. The van der Waals surface area contributed by atoms with Gasteiger partial charge in [0.05, 0.1) is 12.4 Å². The minimum absolute atomic E-state index is 0.298. The fourth-order valence-electron chi connectivity index (χ4n) is 4.42. The Kier molecular flexibility index (Phi) is 7.53. The highest BCUT2D eigenvalue weighted by Gasteiger charge is 2.44. The third kappa shape index (κ3) is 5.24. The molecule has 1 saturated heterocycles. The van der Waals surface area contributed by atoms with Crippen LogP contribution in [0.3, 0.4) is 0 Å². The molecule has 6 N–H and O–H groups in total. The minimum atomic E-state index is -1.19. The van der Waals surface area contributed by atoms with E-state index in [4.69, 9.17) is 15.6 Å². The van der Waals surface area contributed by atoms with E-state index < -0.39 is 36.6 Å². The summed E-state index contributed by atoms with van der Waals surface area (Å²) in [5, 5.41) is 35.8. The van der Waals surface area contributed by atoms with E-state index in [1.54, 1.807) is 4.57 Å². The lowest BCUT2D eigenvalue weighted by Crippen LogP contribution is -2.33. The molecule has 0 radical (unpaired) electrons. The van der Waals surface area contributed by atoms with Crippen LogP contribution in [0.25, 0.3) is 21.9 Å². The van der Waals surface area contributed by atoms with Crippen LogP contribution in [0.15, 0.2) is 55.1 Å². The zero-order chi connectivity index (χ0) is 25.9. The summed E-state index contributed by atoms with van der Waals surface area (Å²) in [6, 6.07) is 13.4. The molecule has 0 aliphatic carbocycles. The second-order valence-electron chi connectivity index (χ2n) is 8.89. The third-order valence-corrected chi connectivity index (χ3v) is 7.56. The fourth-order valence-corrected chi connectivity index (χ4v) is 5.52. The minimum Gasteiger partial charge on any atom is -0.480 e. The van der Waals surface area contributed by atoms with Crippen LogP contribution in [0.1, 0.15) is 18.2 Å². The van der Waals surface area contributed by atoms with Crippen molar-refractivity contribution in [1.82, 2.24) is 19.5 Å². The van der Waals surface area contributed by atoms with E-state index in [1.807, 2.05) is 18.2 Å². The van der Waals surface area contributed by atoms with Crippen molar-refractivity contribution in [3.8, 4) is 0 Å². The number of carbonyl (C=O) groups is 1. The van der Waals surface area contributed by atoms with E-state index in [0.717, 1.165) is 16.3 Å². The van der Waals surface area contributed by atoms with Gasteiger partial charge in [-0.25, -0.2) is 15.0 Å². The molecule has 37 heavy (non-hydrogen) atoms. The van der Waals surface area contributed by atoms with Crippen LogP contribution in [0, 0.1) is 0 Å². The zero-order valence-corrected chi connectivity index (χ0v) is 20.7. The largest absolute Gasteiger partial charge is 0.480 e. The molecule has 194 valence electrons. The number of carboxylic acids is 1. The normalized spacial score (nSPS) is 22.5. The molecule has 0 amide bonds. The molecule has 5 atom stereocenters. The summed E-state index contributed by atoms with van der Waals surface area (Å²) in [5.74, 6) is 0.369. The number of aliphatic hydroxyl groups is 2. The first kappa shape index (κ1) is 25.4. The number of nitrogens with two attached hydrogens (primary N) is 1. The Hall–Kier alpha value is -3.29. The molecule has 1 aliphatic heterocycles. The number of aliphatic carboxylic acids is 1. The van der Waals surface area contributed by atoms with Gasteiger partial charge in [-0.2, -0.15) is 11.8 Å². The van der Waals surface area contributed by atoms with E-state index in [9.17, 15) is 15.0 Å². The molecule has 0 saturated carbocycles. The standard InChI is InChI=1S/C25H28N6O5S/c26-17(25(34)35)8-9-37-11-18-20(32)21(33)24(36-18)31-13-30-19-22(28-12-29-23(19)31)27-10-15-6-3-5-14-4-1-2-7-16(14)15/h1-7,12-13,17-18,20-21,24,32-33H,8-11,26H2,(H,34,35)(H,27,28,29)/t17-,18+,20+,21+,24+/m0/s1. The van der Waals surface area contributed by atoms with Gasteiger partial charge >= 0.3 is 5.97 Å². The highest BCUT2D eigenvalue weighted by Crippen LogP contribution is 2.34. The number of nitrogens with one attached hydrogen (secondary N) is 1. The van der Waals surface area contributed by atoms with E-state index in [-0.39, 0.29) is 0 Å². The van der Waals surface area contributed by atoms with Crippen LogP contribution in [-0.4, -0.2) is 76.7 Å². The molecule has 0 bridgehead atoms. The summed E-state index contributed by atoms with van der Waals surface area (Å²) in [4.78, 5) is 24.0. The van der Waals surface area contributed by atoms with Gasteiger partial charge in [-0.05, 0) is 28.5 Å². The molecule has 12 heteroatoms. The summed E-state index contributed by atoms with van der Waals surface area (Å²) in [6.45, 7) is 0.534. The topological polar surface area (TPSA) is 169 Å². The van der Waals surface area contributed by atoms with Crippen LogP contribution in [-0.2, 0) is 16.1 Å². The predicted octanol–water partition coefficient (Wildman–Crippen LogP) is 1.75. The first-order chi connectivity index (χ1) is 17.9. The van der Waals surface area contributed by atoms with Gasteiger partial charge in [0.15, 0.2) is 23.2 Å². The van der Waals surface area contributed by atoms with Crippen LogP contribution >= 0.6 is 11.8 Å². The van der Waals surface area contributed by atoms with Gasteiger partial charge in [0.2, 0.25) is 0 Å². The van der Waals surface area contributed by atoms with E-state index in [2.05, 4.69) is 44.5 Å². The van der Waals surface area contributed by atoms with Crippen molar-refractivity contribution >= 4 is 45.5 Å². The fraction of sp³-hybridized carbons (Fsp3) is 0.360. The summed E-state index contributed by atoms with van der Waals surface area (Å²) in [7, 11) is 0. The number of thioether (sulfide) groups is 1. The summed E-state index contributed by atoms with van der Waals surface area (Å²) >= 11 is 1.41. The van der Waals surface area contributed by atoms with E-state index in [0.29, 0.717) is 41.5 Å². The van der Waals surface area contributed by atoms with Crippen LogP contribution in [0.5, 0.6) is 0 Å². The Bertz CT molecular complexity index is 1400. The molecule has 0 unspecified atom stereocenters. The molecule has 4 aromatic rings. The lowest BCUT2D eigenvalue weighted by molar-refractivity contribution is -0.138. The Labute approximate surface area is 216 Å². The molecule has 1 fully saturated rings. The van der Waals surface area contributed by atoms with E-state index >= 15 is 0 Å². The van der Waals surface area contributed by atoms with Crippen molar-refractivity contribution in [2.45, 2.75) is 43.5 Å². The number of hydrogen-bond acceptors (Lipinski definition) is 10. The quantitative estimate of drug-likeness (QED) is 0.192. The van der Waals surface area contributed by atoms with Crippen molar-refractivity contribution in [3.63, 3.8) is 0 Å². The molecule has 3 heterocycles. The van der Waals surface area contributed by atoms with Gasteiger partial charge in [0.25, 0.3) is 0 Å². The molecule has 0 spiro atoms. The number of fused-ring (bicyclic) bond motifs is 2. The lowest BCUT2D eigenvalue weighted by atomic mass is 10.0. The number of hydrogen-bond donors (Lipinski definition) is 5. The van der Waals surface area contributed by atoms with Crippen LogP contribution in [0.4, 0.5) is 5.82 Å². The number of rotatable bonds is 10. The highest BCUT2D eigenvalue weighted by atomic mass is 32.2. The number of aliphatic hydroxyl groups excluding tert-OH is 2. The van der Waals surface area contributed by atoms with Gasteiger partial charge in [-0.3, -0.25) is 9.36 Å². The molecule has 11 nitrogen and oxygen atoms in total. The zero-order valence-electron chi connectivity index (χ0n) is 19.8. The summed E-state index contributed by atoms with van der Waals surface area (Å²) in [6.07, 6.45) is -0.596. The molecule has 2 aromatic carbocycles. The number of carboxylic acid groups (broad SMARTS) is 1. The third-order valence-electron chi connectivity index (χ3n) is 6.47. The van der Waals surface area contributed by atoms with Crippen molar-refractivity contribution in [2.75, 3.05) is 16.8 Å². The molecule has 2 aromatic heterocycles. The lowest BCUT2D eigenvalue weighted by Gasteiger charge is -2.16. The molecular formula is C25H28N6O5S. The van der Waals surface area contributed by atoms with Gasteiger partial charge < -0.3 is 31.1 Å². The number of imidazole rings is 1. The number of benzene rings is 2. The Morgan fingerprint density at radius 1 is 1.14 bits per heavy atom. The number of ether oxygens (including phenoxy) is 1. The number of aromatic nitrogens is 4. The number of nitrogens with zero attached hydrogens (tertiary/aromatic N) is 4. The first-order valence-corrected chi connectivity index (χ1v) is 13.0. The average molecular weight is 525 g/mol. The maximum atomic E-state index is 10.9. The van der Waals surface area contributed by atoms with Crippen LogP contribution < -0.4 is 11.1 Å². The smallest absolute Gasteiger partial charge is 0.320 e. The predicted molar refractivity (Wildman–Crippen MR) is 140 cm³/mol. The van der Waals surface area contributed by atoms with Crippen molar-refractivity contribution < 1.29 is 24.9 Å². The van der Waals surface area contributed by atoms with Crippen molar-refractivity contribution in [2.24, 2.45) is 5.73 Å². The van der Waals surface area contributed by atoms with E-state index in [1.165, 1.54) is 24.4 Å². The van der Waals surface area contributed by atoms with Gasteiger partial charge in [-0.1, -0.05) is 42.5 Å². The average Bonchev–Trinajstić information content (AvgIpc) is 3.46. The van der Waals surface area contributed by atoms with Gasteiger partial charge in [-0.15, -0.1) is 0 Å². The second-order valence-corrected chi connectivity index (χ2v) is 10.0. The Balaban J connectivity index is 1.28. The summed E-state index contributed by atoms with van der Waals surface area (Å²) in [5.41, 5.74) is 7.63. The molecule has 5 rings (SSSR count). The SMILES string of the molecule is N[C@@H](CCSC[C@H]1O[C@@H](n2cnc3c(NCc4cccc5ccccc45)ncnc32)[C@H](O)[C@@H]1O)C(=O)O. The Morgan fingerprint density at radius 3 is 2.78 bits per heavy atom. The maximum absolute atomic E-state index is 10.9. The summed E-state index contributed by atoms with van der Waals surface area (Å²) < 4.78 is 7.58. The monoisotopic (exact) mass is 524 g/mol. The first-order valence-electron chi connectivity index (χ1n) is 11.9. The molecular weight excluding hydrogens is 496 g/mol. The second kappa shape index (κ2) is 11.0. The van der Waals surface area contributed by atoms with Crippen molar-refractivity contribution in [3.05, 3.63) is 60.7 Å². The van der Waals surface area contributed by atoms with Gasteiger partial charge in [0, 0.05) is 12.3 Å². The number of anilines is 1. The van der Waals surface area contributed by atoms with Gasteiger partial charge in [0.1, 0.15) is 24.6 Å². The highest BCUT2D eigenvalue weighted by molar-refractivity contribution is 7.99. The maximum Gasteiger partial charge on any atom is 0.320 e. The van der Waals surface area contributed by atoms with Crippen LogP contribution in [0.2, 0.25) is 0 Å².